The molecule has 1 aliphatic carbocycles. The molecule has 2 amide bonds. The molecule has 10 heteroatoms. The van der Waals surface area contributed by atoms with Crippen molar-refractivity contribution in [1.82, 2.24) is 0 Å². The van der Waals surface area contributed by atoms with Crippen LogP contribution in [-0.2, 0) is 23.8 Å². The van der Waals surface area contributed by atoms with Crippen LogP contribution in [0.15, 0.2) is 48.5 Å². The molecule has 1 aromatic heterocycles. The van der Waals surface area contributed by atoms with E-state index in [1.165, 1.54) is 35.6 Å². The summed E-state index contributed by atoms with van der Waals surface area (Å²) in [5, 5.41) is 15.2. The van der Waals surface area contributed by atoms with Crippen molar-refractivity contribution in [2.45, 2.75) is 31.9 Å². The lowest BCUT2D eigenvalue weighted by molar-refractivity contribution is -0.137. The van der Waals surface area contributed by atoms with E-state index < -0.39 is 30.2 Å². The molecule has 0 radical (unpaired) electrons. The topological polar surface area (TPSA) is 91.2 Å². The SMILES string of the molecule is N#Cc1c(NC(=O)c2ccccc2OCC(=O)Nc2cccc(C(F)(F)F)c2)sc2c1CCCC2. The van der Waals surface area contributed by atoms with Gasteiger partial charge >= 0.3 is 6.18 Å². The Morgan fingerprint density at radius 3 is 2.60 bits per heavy atom. The number of carbonyl (C=O) groups excluding carboxylic acids is 2. The van der Waals surface area contributed by atoms with Crippen LogP contribution in [0, 0.1) is 11.3 Å². The number of nitrogens with zero attached hydrogens (tertiary/aromatic N) is 1. The molecule has 0 bridgehead atoms. The number of rotatable bonds is 6. The lowest BCUT2D eigenvalue weighted by atomic mass is 9.96. The number of hydrogen-bond acceptors (Lipinski definition) is 5. The van der Waals surface area contributed by atoms with E-state index in [1.54, 1.807) is 12.1 Å². The highest BCUT2D eigenvalue weighted by Gasteiger charge is 2.30. The number of benzene rings is 2. The summed E-state index contributed by atoms with van der Waals surface area (Å²) in [6, 6.07) is 12.7. The third kappa shape index (κ3) is 5.63. The number of aryl methyl sites for hydroxylation is 1. The maximum Gasteiger partial charge on any atom is 0.416 e. The predicted molar refractivity (Wildman–Crippen MR) is 126 cm³/mol. The van der Waals surface area contributed by atoms with Crippen molar-refractivity contribution in [3.8, 4) is 11.8 Å². The molecule has 0 spiro atoms. The smallest absolute Gasteiger partial charge is 0.416 e. The molecule has 0 saturated heterocycles. The first-order valence-electron chi connectivity index (χ1n) is 10.8. The second-order valence-corrected chi connectivity index (χ2v) is 9.00. The fourth-order valence-electron chi connectivity index (χ4n) is 3.84. The van der Waals surface area contributed by atoms with Crippen molar-refractivity contribution in [3.05, 3.63) is 75.7 Å². The number of para-hydroxylation sites is 1. The Morgan fingerprint density at radius 1 is 1.06 bits per heavy atom. The Balaban J connectivity index is 1.43. The van der Waals surface area contributed by atoms with Gasteiger partial charge in [-0.3, -0.25) is 9.59 Å². The minimum Gasteiger partial charge on any atom is -0.483 e. The zero-order valence-electron chi connectivity index (χ0n) is 18.4. The summed E-state index contributed by atoms with van der Waals surface area (Å²) in [5.74, 6) is -1.05. The zero-order chi connectivity index (χ0) is 25.0. The van der Waals surface area contributed by atoms with Crippen LogP contribution in [0.2, 0.25) is 0 Å². The van der Waals surface area contributed by atoms with E-state index in [0.717, 1.165) is 48.3 Å². The zero-order valence-corrected chi connectivity index (χ0v) is 19.2. The van der Waals surface area contributed by atoms with Crippen molar-refractivity contribution < 1.29 is 27.5 Å². The van der Waals surface area contributed by atoms with E-state index in [2.05, 4.69) is 16.7 Å². The minimum atomic E-state index is -4.53. The normalized spacial score (nSPS) is 12.9. The second kappa shape index (κ2) is 10.2. The van der Waals surface area contributed by atoms with Crippen LogP contribution in [0.4, 0.5) is 23.9 Å². The summed E-state index contributed by atoms with van der Waals surface area (Å²) >= 11 is 1.40. The molecule has 3 aromatic rings. The van der Waals surface area contributed by atoms with Gasteiger partial charge in [0, 0.05) is 10.6 Å². The number of fused-ring (bicyclic) bond motifs is 1. The third-order valence-electron chi connectivity index (χ3n) is 5.47. The maximum atomic E-state index is 13.0. The summed E-state index contributed by atoms with van der Waals surface area (Å²) in [6.07, 6.45) is -0.788. The van der Waals surface area contributed by atoms with Gasteiger partial charge in [0.2, 0.25) is 0 Å². The summed E-state index contributed by atoms with van der Waals surface area (Å²) in [7, 11) is 0. The van der Waals surface area contributed by atoms with E-state index in [9.17, 15) is 28.0 Å². The molecule has 0 atom stereocenters. The number of nitrogens with one attached hydrogen (secondary N) is 2. The summed E-state index contributed by atoms with van der Waals surface area (Å²) < 4.78 is 44.1. The van der Waals surface area contributed by atoms with Gasteiger partial charge < -0.3 is 15.4 Å². The van der Waals surface area contributed by atoms with E-state index in [1.807, 2.05) is 0 Å². The van der Waals surface area contributed by atoms with Gasteiger partial charge in [-0.2, -0.15) is 18.4 Å². The molecule has 2 aromatic carbocycles. The molecule has 4 rings (SSSR count). The summed E-state index contributed by atoms with van der Waals surface area (Å²) in [6.45, 7) is -0.517. The molecule has 2 N–H and O–H groups in total. The van der Waals surface area contributed by atoms with E-state index in [0.29, 0.717) is 10.6 Å². The number of nitriles is 1. The Kier molecular flexibility index (Phi) is 7.07. The standard InChI is InChI=1S/C25H20F3N3O3S/c26-25(27,28)15-6-5-7-16(12-15)30-22(32)14-34-20-10-3-1-9-18(20)23(33)31-24-19(13-29)17-8-2-4-11-21(17)35-24/h1,3,5-7,9-10,12H,2,4,8,11,14H2,(H,30,32)(H,31,33). The molecule has 35 heavy (non-hydrogen) atoms. The molecule has 6 nitrogen and oxygen atoms in total. The quantitative estimate of drug-likeness (QED) is 0.449. The minimum absolute atomic E-state index is 0.0230. The number of carbonyl (C=O) groups is 2. The van der Waals surface area contributed by atoms with Gasteiger partial charge in [-0.25, -0.2) is 0 Å². The van der Waals surface area contributed by atoms with E-state index in [4.69, 9.17) is 4.74 Å². The van der Waals surface area contributed by atoms with Crippen LogP contribution < -0.4 is 15.4 Å². The molecule has 0 saturated carbocycles. The van der Waals surface area contributed by atoms with Gasteiger partial charge in [-0.15, -0.1) is 11.3 Å². The molecule has 1 heterocycles. The Labute approximate surface area is 203 Å². The molecule has 0 fully saturated rings. The number of halogens is 3. The average Bonchev–Trinajstić information content (AvgIpc) is 3.19. The lowest BCUT2D eigenvalue weighted by Gasteiger charge is -2.12. The van der Waals surface area contributed by atoms with Crippen molar-refractivity contribution in [2.24, 2.45) is 0 Å². The van der Waals surface area contributed by atoms with Crippen LogP contribution in [0.25, 0.3) is 0 Å². The van der Waals surface area contributed by atoms with Crippen LogP contribution in [-0.4, -0.2) is 18.4 Å². The number of thiophene rings is 1. The van der Waals surface area contributed by atoms with Crippen molar-refractivity contribution in [3.63, 3.8) is 0 Å². The first-order valence-corrected chi connectivity index (χ1v) is 11.6. The predicted octanol–water partition coefficient (Wildman–Crippen LogP) is 5.79. The average molecular weight is 500 g/mol. The fraction of sp³-hybridized carbons (Fsp3) is 0.240. The highest BCUT2D eigenvalue weighted by atomic mass is 32.1. The molecule has 180 valence electrons. The molecular weight excluding hydrogens is 479 g/mol. The van der Waals surface area contributed by atoms with Gasteiger partial charge in [0.25, 0.3) is 11.8 Å². The van der Waals surface area contributed by atoms with E-state index in [-0.39, 0.29) is 17.0 Å². The number of amides is 2. The maximum absolute atomic E-state index is 13.0. The van der Waals surface area contributed by atoms with E-state index >= 15 is 0 Å². The van der Waals surface area contributed by atoms with Crippen LogP contribution in [0.5, 0.6) is 5.75 Å². The van der Waals surface area contributed by atoms with Crippen LogP contribution >= 0.6 is 11.3 Å². The van der Waals surface area contributed by atoms with Gasteiger partial charge in [-0.05, 0) is 61.6 Å². The fourth-order valence-corrected chi connectivity index (χ4v) is 5.07. The largest absolute Gasteiger partial charge is 0.483 e. The van der Waals surface area contributed by atoms with Crippen molar-refractivity contribution >= 4 is 33.8 Å². The molecular formula is C25H20F3N3O3S. The number of hydrogen-bond donors (Lipinski definition) is 2. The molecule has 1 aliphatic rings. The van der Waals surface area contributed by atoms with Crippen LogP contribution in [0.1, 0.15) is 44.8 Å². The van der Waals surface area contributed by atoms with Crippen molar-refractivity contribution in [1.29, 1.82) is 5.26 Å². The number of alkyl halides is 3. The first kappa shape index (κ1) is 24.3. The highest BCUT2D eigenvalue weighted by molar-refractivity contribution is 7.16. The highest BCUT2D eigenvalue weighted by Crippen LogP contribution is 2.38. The Bertz CT molecular complexity index is 1310. The van der Waals surface area contributed by atoms with Crippen LogP contribution in [0.3, 0.4) is 0 Å². The first-order chi connectivity index (χ1) is 16.8. The third-order valence-corrected chi connectivity index (χ3v) is 6.68. The van der Waals surface area contributed by atoms with Gasteiger partial charge in [0.15, 0.2) is 6.61 Å². The van der Waals surface area contributed by atoms with Crippen molar-refractivity contribution in [2.75, 3.05) is 17.2 Å². The van der Waals surface area contributed by atoms with Gasteiger partial charge in [0.1, 0.15) is 16.8 Å². The van der Waals surface area contributed by atoms with Gasteiger partial charge in [-0.1, -0.05) is 18.2 Å². The second-order valence-electron chi connectivity index (χ2n) is 7.89. The molecule has 0 aliphatic heterocycles. The molecule has 0 unspecified atom stereocenters. The number of anilines is 2. The number of ether oxygens (including phenoxy) is 1. The summed E-state index contributed by atoms with van der Waals surface area (Å²) in [4.78, 5) is 26.4. The van der Waals surface area contributed by atoms with Gasteiger partial charge in [0.05, 0.1) is 16.7 Å². The Morgan fingerprint density at radius 2 is 1.83 bits per heavy atom. The summed E-state index contributed by atoms with van der Waals surface area (Å²) in [5.41, 5.74) is 0.733. The Hall–Kier alpha value is -3.84. The lowest BCUT2D eigenvalue weighted by Crippen LogP contribution is -2.22. The monoisotopic (exact) mass is 499 g/mol.